The van der Waals surface area contributed by atoms with Gasteiger partial charge in [-0.3, -0.25) is 14.7 Å². The van der Waals surface area contributed by atoms with Crippen LogP contribution < -0.4 is 20.6 Å². The molecule has 0 atom stereocenters. The van der Waals surface area contributed by atoms with E-state index in [9.17, 15) is 34.5 Å². The Balaban J connectivity index is 0.00000612. The van der Waals surface area contributed by atoms with Crippen LogP contribution in [0.25, 0.3) is 0 Å². The molecule has 1 heterocycles. The minimum Gasteiger partial charge on any atom is -0.549 e. The summed E-state index contributed by atoms with van der Waals surface area (Å²) in [6.07, 6.45) is 0. The Morgan fingerprint density at radius 1 is 0.657 bits per heavy atom. The number of carboxylic acid groups (broad SMARTS) is 3. The van der Waals surface area contributed by atoms with Gasteiger partial charge in [0, 0.05) is 78.5 Å². The number of carbonyl (C=O) groups excluding carboxylic acids is 4. The van der Waals surface area contributed by atoms with E-state index in [1.807, 2.05) is 30.3 Å². The van der Waals surface area contributed by atoms with Crippen molar-refractivity contribution in [1.29, 1.82) is 0 Å². The predicted octanol–water partition coefficient (Wildman–Crippen LogP) is -4.63. The summed E-state index contributed by atoms with van der Waals surface area (Å²) in [5, 5.41) is 36.3. The zero-order valence-electron chi connectivity index (χ0n) is 19.4. The summed E-state index contributed by atoms with van der Waals surface area (Å²) in [4.78, 5) is 52.6. The number of rotatable bonds is 8. The molecule has 13 heteroatoms. The fourth-order valence-electron chi connectivity index (χ4n) is 3.65. The molecule has 1 fully saturated rings. The van der Waals surface area contributed by atoms with E-state index in [0.717, 1.165) is 5.56 Å². The molecule has 1 aromatic carbocycles. The van der Waals surface area contributed by atoms with Gasteiger partial charge in [-0.05, 0) is 5.56 Å². The van der Waals surface area contributed by atoms with E-state index in [1.165, 1.54) is 4.90 Å². The van der Waals surface area contributed by atoms with Crippen LogP contribution in [0.4, 0.5) is 4.79 Å². The number of nitrogens with one attached hydrogen (secondary N) is 1. The van der Waals surface area contributed by atoms with Gasteiger partial charge in [0.1, 0.15) is 0 Å². The fourth-order valence-corrected chi connectivity index (χ4v) is 3.65. The van der Waals surface area contributed by atoms with Gasteiger partial charge in [-0.25, -0.2) is 4.79 Å². The van der Waals surface area contributed by atoms with E-state index >= 15 is 0 Å². The van der Waals surface area contributed by atoms with Crippen LogP contribution in [-0.4, -0.2) is 116 Å². The molecule has 0 spiro atoms. The summed E-state index contributed by atoms with van der Waals surface area (Å²) in [5.41, 5.74) is 0.912. The number of hydrogen-bond acceptors (Lipinski definition) is 10. The van der Waals surface area contributed by atoms with Gasteiger partial charge in [0.15, 0.2) is 0 Å². The van der Waals surface area contributed by atoms with Crippen LogP contribution in [0.2, 0.25) is 0 Å². The van der Waals surface area contributed by atoms with E-state index < -0.39 is 17.9 Å². The molecule has 2 rings (SSSR count). The maximum absolute atomic E-state index is 12.9. The molecule has 0 saturated carbocycles. The monoisotopic (exact) mass is 634 g/mol. The summed E-state index contributed by atoms with van der Waals surface area (Å²) in [5.74, 6) is -3.84. The molecular formula is C22H30GdN5O7. The molecule has 1 aromatic rings. The summed E-state index contributed by atoms with van der Waals surface area (Å²) in [6, 6.07) is 8.97. The molecule has 1 radical (unpaired) electrons. The molecule has 0 aliphatic carbocycles. The molecule has 2 amide bonds. The Morgan fingerprint density at radius 3 is 1.40 bits per heavy atom. The average molecular weight is 634 g/mol. The standard InChI is InChI=1S/C22H33N5O7.Gd/c28-19(29)15-24-6-8-25(16-20(30)31)10-12-27(13-11-26(9-7-24)17-21(32)33)22(34)23-14-18-4-2-1-3-5-18;/h1-5H,6-17H2,(H,23,34)(H,28,29)(H,30,31)(H,32,33);/q;+3/p-3. The second kappa shape index (κ2) is 16.7. The topological polar surface area (TPSA) is 162 Å². The molecule has 12 nitrogen and oxygen atoms in total. The minimum absolute atomic E-state index is 0. The predicted molar refractivity (Wildman–Crippen MR) is 115 cm³/mol. The van der Waals surface area contributed by atoms with Crippen molar-refractivity contribution < 1.29 is 74.4 Å². The van der Waals surface area contributed by atoms with E-state index in [4.69, 9.17) is 0 Å². The summed E-state index contributed by atoms with van der Waals surface area (Å²) in [6.45, 7) is 0.903. The second-order valence-electron chi connectivity index (χ2n) is 8.08. The van der Waals surface area contributed by atoms with Crippen LogP contribution in [0.3, 0.4) is 0 Å². The van der Waals surface area contributed by atoms with Crippen molar-refractivity contribution in [2.24, 2.45) is 0 Å². The van der Waals surface area contributed by atoms with Crippen LogP contribution >= 0.6 is 0 Å². The third kappa shape index (κ3) is 13.1. The van der Waals surface area contributed by atoms with Gasteiger partial charge in [0.2, 0.25) is 0 Å². The van der Waals surface area contributed by atoms with Gasteiger partial charge in [0.05, 0.1) is 17.9 Å². The number of nitrogens with zero attached hydrogens (tertiary/aromatic N) is 4. The van der Waals surface area contributed by atoms with Crippen LogP contribution in [0.15, 0.2) is 30.3 Å². The maximum atomic E-state index is 12.9. The van der Waals surface area contributed by atoms with E-state index in [2.05, 4.69) is 5.32 Å². The third-order valence-corrected chi connectivity index (χ3v) is 5.47. The Bertz CT molecular complexity index is 798. The minimum atomic E-state index is -1.29. The van der Waals surface area contributed by atoms with Crippen LogP contribution in [0.1, 0.15) is 5.56 Å². The molecule has 1 saturated heterocycles. The molecular weight excluding hydrogens is 604 g/mol. The van der Waals surface area contributed by atoms with Crippen molar-refractivity contribution in [3.8, 4) is 0 Å². The SMILES string of the molecule is O=C([O-])CN1CCN(CC(=O)[O-])CCN(C(=O)NCc2ccccc2)CCN(CC(=O)[O-])CC1.[Gd+3]. The van der Waals surface area contributed by atoms with Gasteiger partial charge in [0.25, 0.3) is 0 Å². The van der Waals surface area contributed by atoms with Crippen molar-refractivity contribution >= 4 is 23.9 Å². The van der Waals surface area contributed by atoms with Crippen molar-refractivity contribution in [2.45, 2.75) is 6.54 Å². The largest absolute Gasteiger partial charge is 3.00 e. The van der Waals surface area contributed by atoms with Gasteiger partial charge >= 0.3 is 46.0 Å². The number of carboxylic acids is 3. The Morgan fingerprint density at radius 2 is 1.03 bits per heavy atom. The normalized spacial score (nSPS) is 16.9. The van der Waals surface area contributed by atoms with Gasteiger partial charge in [-0.15, -0.1) is 0 Å². The first-order valence-corrected chi connectivity index (χ1v) is 11.1. The molecule has 1 aliphatic heterocycles. The first kappa shape index (κ1) is 31.1. The van der Waals surface area contributed by atoms with Gasteiger partial charge in [-0.1, -0.05) is 30.3 Å². The number of benzene rings is 1. The molecule has 193 valence electrons. The molecule has 1 aliphatic rings. The maximum Gasteiger partial charge on any atom is 3.00 e. The smallest absolute Gasteiger partial charge is 0.549 e. The molecule has 0 unspecified atom stereocenters. The Labute approximate surface area is 236 Å². The molecule has 0 aromatic heterocycles. The zero-order chi connectivity index (χ0) is 24.9. The van der Waals surface area contributed by atoms with Gasteiger partial charge in [-0.2, -0.15) is 0 Å². The van der Waals surface area contributed by atoms with Gasteiger partial charge < -0.3 is 39.9 Å². The molecule has 1 N–H and O–H groups in total. The van der Waals surface area contributed by atoms with Crippen molar-refractivity contribution in [3.05, 3.63) is 35.9 Å². The Kier molecular flexibility index (Phi) is 14.9. The second-order valence-corrected chi connectivity index (χ2v) is 8.08. The summed E-state index contributed by atoms with van der Waals surface area (Å²) in [7, 11) is 0. The summed E-state index contributed by atoms with van der Waals surface area (Å²) < 4.78 is 0. The Hall–Kier alpha value is -1.90. The fraction of sp³-hybridized carbons (Fsp3) is 0.545. The average Bonchev–Trinajstić information content (AvgIpc) is 2.77. The molecule has 0 bridgehead atoms. The molecule has 35 heavy (non-hydrogen) atoms. The third-order valence-electron chi connectivity index (χ3n) is 5.47. The first-order chi connectivity index (χ1) is 16.2. The van der Waals surface area contributed by atoms with Crippen LogP contribution in [0, 0.1) is 39.9 Å². The number of urea groups is 1. The number of amides is 2. The number of aliphatic carboxylic acids is 3. The van der Waals surface area contributed by atoms with E-state index in [0.29, 0.717) is 6.54 Å². The van der Waals surface area contributed by atoms with Crippen molar-refractivity contribution in [3.63, 3.8) is 0 Å². The van der Waals surface area contributed by atoms with E-state index in [1.54, 1.807) is 14.7 Å². The van der Waals surface area contributed by atoms with Crippen LogP contribution in [-0.2, 0) is 20.9 Å². The summed E-state index contributed by atoms with van der Waals surface area (Å²) >= 11 is 0. The number of hydrogen-bond donors (Lipinski definition) is 1. The first-order valence-electron chi connectivity index (χ1n) is 11.1. The zero-order valence-corrected chi connectivity index (χ0v) is 21.6. The van der Waals surface area contributed by atoms with Crippen LogP contribution in [0.5, 0.6) is 0 Å². The van der Waals surface area contributed by atoms with Crippen molar-refractivity contribution in [1.82, 2.24) is 24.9 Å². The quantitative estimate of drug-likeness (QED) is 0.295. The van der Waals surface area contributed by atoms with Crippen molar-refractivity contribution in [2.75, 3.05) is 72.0 Å². The van der Waals surface area contributed by atoms with E-state index in [-0.39, 0.29) is 118 Å². The number of carbonyl (C=O) groups is 4.